The number of aromatic nitrogens is 6. The second kappa shape index (κ2) is 5.27. The van der Waals surface area contributed by atoms with Gasteiger partial charge in [-0.05, 0) is 12.0 Å². The Morgan fingerprint density at radius 3 is 2.80 bits per heavy atom. The van der Waals surface area contributed by atoms with Crippen molar-refractivity contribution in [1.82, 2.24) is 29.4 Å². The number of nitrogens with zero attached hydrogens (tertiary/aromatic N) is 5. The maximum Gasteiger partial charge on any atom is 0.282 e. The summed E-state index contributed by atoms with van der Waals surface area (Å²) < 4.78 is 3.28. The van der Waals surface area contributed by atoms with Gasteiger partial charge in [0.05, 0.1) is 22.5 Å². The Bertz CT molecular complexity index is 1260. The Balaban J connectivity index is 1.64. The van der Waals surface area contributed by atoms with Crippen LogP contribution >= 0.6 is 0 Å². The molecule has 0 saturated carbocycles. The third kappa shape index (κ3) is 2.13. The predicted molar refractivity (Wildman–Crippen MR) is 94.6 cm³/mol. The van der Waals surface area contributed by atoms with E-state index in [9.17, 15) is 4.79 Å². The van der Waals surface area contributed by atoms with Gasteiger partial charge in [0.25, 0.3) is 5.56 Å². The van der Waals surface area contributed by atoms with Crippen LogP contribution in [-0.2, 0) is 13.0 Å². The zero-order valence-corrected chi connectivity index (χ0v) is 13.3. The summed E-state index contributed by atoms with van der Waals surface area (Å²) in [5, 5.41) is 8.60. The molecule has 0 aliphatic carbocycles. The van der Waals surface area contributed by atoms with Gasteiger partial charge < -0.3 is 0 Å². The number of benzene rings is 1. The number of fused-ring (bicyclic) bond motifs is 4. The average molecular weight is 330 g/mol. The second-order valence-corrected chi connectivity index (χ2v) is 5.93. The minimum atomic E-state index is -0.156. The first-order chi connectivity index (χ1) is 12.3. The summed E-state index contributed by atoms with van der Waals surface area (Å²) in [6, 6.07) is 12.0. The number of hydrogen-bond acceptors (Lipinski definition) is 4. The Labute approximate surface area is 141 Å². The molecule has 1 aromatic carbocycles. The minimum Gasteiger partial charge on any atom is -0.297 e. The number of pyridine rings is 1. The zero-order valence-electron chi connectivity index (χ0n) is 13.3. The summed E-state index contributed by atoms with van der Waals surface area (Å²) in [7, 11) is 0. The van der Waals surface area contributed by atoms with Crippen molar-refractivity contribution >= 4 is 27.6 Å². The molecular weight excluding hydrogens is 316 g/mol. The summed E-state index contributed by atoms with van der Waals surface area (Å²) in [6.07, 6.45) is 5.88. The van der Waals surface area contributed by atoms with E-state index < -0.39 is 0 Å². The molecule has 25 heavy (non-hydrogen) atoms. The lowest BCUT2D eigenvalue weighted by Crippen LogP contribution is -2.15. The van der Waals surface area contributed by atoms with Crippen LogP contribution in [-0.4, -0.2) is 29.4 Å². The molecule has 4 aromatic heterocycles. The molecule has 0 spiro atoms. The van der Waals surface area contributed by atoms with Crippen LogP contribution in [0.2, 0.25) is 0 Å². The lowest BCUT2D eigenvalue weighted by molar-refractivity contribution is 0.630. The van der Waals surface area contributed by atoms with Crippen LogP contribution in [0.15, 0.2) is 59.8 Å². The second-order valence-electron chi connectivity index (χ2n) is 5.93. The van der Waals surface area contributed by atoms with Crippen LogP contribution in [0.4, 0.5) is 0 Å². The van der Waals surface area contributed by atoms with Crippen molar-refractivity contribution in [3.63, 3.8) is 0 Å². The maximum absolute atomic E-state index is 12.5. The fourth-order valence-corrected chi connectivity index (χ4v) is 3.15. The third-order valence-electron chi connectivity index (χ3n) is 4.42. The average Bonchev–Trinajstić information content (AvgIpc) is 3.28. The monoisotopic (exact) mass is 330 g/mol. The molecule has 0 saturated heterocycles. The molecule has 4 heterocycles. The van der Waals surface area contributed by atoms with Crippen LogP contribution in [0.1, 0.15) is 5.56 Å². The van der Waals surface area contributed by atoms with Gasteiger partial charge in [0, 0.05) is 25.0 Å². The number of rotatable bonds is 3. The van der Waals surface area contributed by atoms with Crippen LogP contribution in [0.25, 0.3) is 27.6 Å². The van der Waals surface area contributed by atoms with E-state index in [4.69, 9.17) is 0 Å². The van der Waals surface area contributed by atoms with Crippen molar-refractivity contribution in [2.45, 2.75) is 13.0 Å². The van der Waals surface area contributed by atoms with E-state index in [2.05, 4.69) is 32.3 Å². The number of aromatic amines is 1. The molecule has 0 fully saturated rings. The molecule has 5 rings (SSSR count). The van der Waals surface area contributed by atoms with Crippen molar-refractivity contribution in [2.24, 2.45) is 0 Å². The van der Waals surface area contributed by atoms with Crippen LogP contribution in [0.3, 0.4) is 0 Å². The normalized spacial score (nSPS) is 11.7. The summed E-state index contributed by atoms with van der Waals surface area (Å²) in [4.78, 5) is 21.6. The SMILES string of the molecule is O=c1c2cnc3c(cnn3CCc3ccccc3)c2nc2cc[nH]n12. The summed E-state index contributed by atoms with van der Waals surface area (Å²) in [6.45, 7) is 0.720. The molecule has 0 amide bonds. The molecular formula is C18H14N6O. The van der Waals surface area contributed by atoms with E-state index in [1.54, 1.807) is 24.7 Å². The minimum absolute atomic E-state index is 0.156. The van der Waals surface area contributed by atoms with Gasteiger partial charge in [-0.1, -0.05) is 30.3 Å². The largest absolute Gasteiger partial charge is 0.297 e. The van der Waals surface area contributed by atoms with Gasteiger partial charge in [-0.2, -0.15) is 5.10 Å². The van der Waals surface area contributed by atoms with Crippen molar-refractivity contribution < 1.29 is 0 Å². The van der Waals surface area contributed by atoms with E-state index in [0.717, 1.165) is 24.0 Å². The van der Waals surface area contributed by atoms with E-state index in [1.165, 1.54) is 10.1 Å². The Morgan fingerprint density at radius 2 is 1.92 bits per heavy atom. The maximum atomic E-state index is 12.5. The molecule has 5 aromatic rings. The molecule has 7 nitrogen and oxygen atoms in total. The van der Waals surface area contributed by atoms with Gasteiger partial charge in [-0.25, -0.2) is 19.2 Å². The van der Waals surface area contributed by atoms with E-state index in [1.807, 2.05) is 22.9 Å². The van der Waals surface area contributed by atoms with Gasteiger partial charge >= 0.3 is 0 Å². The predicted octanol–water partition coefficient (Wildman–Crippen LogP) is 2.16. The van der Waals surface area contributed by atoms with Gasteiger partial charge in [-0.3, -0.25) is 9.89 Å². The number of H-pyrrole nitrogens is 1. The number of nitrogens with one attached hydrogen (secondary N) is 1. The smallest absolute Gasteiger partial charge is 0.282 e. The molecule has 1 N–H and O–H groups in total. The van der Waals surface area contributed by atoms with Crippen molar-refractivity contribution in [2.75, 3.05) is 0 Å². The Kier molecular flexibility index (Phi) is 2.93. The van der Waals surface area contributed by atoms with Crippen LogP contribution < -0.4 is 5.56 Å². The lowest BCUT2D eigenvalue weighted by Gasteiger charge is -2.04. The Morgan fingerprint density at radius 1 is 1.04 bits per heavy atom. The fraction of sp³-hybridized carbons (Fsp3) is 0.111. The quantitative estimate of drug-likeness (QED) is 0.550. The number of aryl methyl sites for hydroxylation is 2. The van der Waals surface area contributed by atoms with Crippen LogP contribution in [0.5, 0.6) is 0 Å². The first kappa shape index (κ1) is 13.9. The highest BCUT2D eigenvalue weighted by Gasteiger charge is 2.13. The van der Waals surface area contributed by atoms with Gasteiger partial charge in [0.2, 0.25) is 0 Å². The van der Waals surface area contributed by atoms with E-state index in [0.29, 0.717) is 16.6 Å². The highest BCUT2D eigenvalue weighted by atomic mass is 16.1. The highest BCUT2D eigenvalue weighted by Crippen LogP contribution is 2.20. The standard InChI is InChI=1S/C18H14N6O/c25-18-14-10-19-17-13(16(14)22-15-6-8-20-24(15)18)11-21-23(17)9-7-12-4-2-1-3-5-12/h1-6,8,10-11,20H,7,9H2. The summed E-state index contributed by atoms with van der Waals surface area (Å²) in [5.74, 6) is 0. The fourth-order valence-electron chi connectivity index (χ4n) is 3.15. The molecule has 0 aliphatic heterocycles. The lowest BCUT2D eigenvalue weighted by atomic mass is 10.1. The molecule has 0 unspecified atom stereocenters. The topological polar surface area (TPSA) is 80.9 Å². The van der Waals surface area contributed by atoms with Gasteiger partial charge in [-0.15, -0.1) is 0 Å². The molecule has 0 aliphatic rings. The summed E-state index contributed by atoms with van der Waals surface area (Å²) >= 11 is 0. The molecule has 0 atom stereocenters. The first-order valence-electron chi connectivity index (χ1n) is 8.05. The summed E-state index contributed by atoms with van der Waals surface area (Å²) in [5.41, 5.74) is 3.06. The molecule has 0 radical (unpaired) electrons. The first-order valence-corrected chi connectivity index (χ1v) is 8.05. The van der Waals surface area contributed by atoms with E-state index >= 15 is 0 Å². The Hall–Kier alpha value is -3.48. The van der Waals surface area contributed by atoms with Crippen molar-refractivity contribution in [3.05, 3.63) is 70.9 Å². The van der Waals surface area contributed by atoms with Crippen molar-refractivity contribution in [3.8, 4) is 0 Å². The molecule has 0 bridgehead atoms. The third-order valence-corrected chi connectivity index (χ3v) is 4.42. The van der Waals surface area contributed by atoms with Gasteiger partial charge in [0.1, 0.15) is 0 Å². The zero-order chi connectivity index (χ0) is 16.8. The van der Waals surface area contributed by atoms with Crippen LogP contribution in [0, 0.1) is 0 Å². The van der Waals surface area contributed by atoms with E-state index in [-0.39, 0.29) is 5.56 Å². The molecule has 7 heteroatoms. The van der Waals surface area contributed by atoms with Crippen molar-refractivity contribution in [1.29, 1.82) is 0 Å². The highest BCUT2D eigenvalue weighted by molar-refractivity contribution is 6.01. The number of hydrogen-bond donors (Lipinski definition) is 1. The van der Waals surface area contributed by atoms with Gasteiger partial charge in [0.15, 0.2) is 11.3 Å². The molecule has 122 valence electrons.